The highest BCUT2D eigenvalue weighted by Crippen LogP contribution is 2.42. The first-order chi connectivity index (χ1) is 4.90. The summed E-state index contributed by atoms with van der Waals surface area (Å²) < 4.78 is 6.79. The molecule has 2 fully saturated rings. The SMILES string of the molecule is IC[C@@H]1C[C@H](C2CC2)CO1. The largest absolute Gasteiger partial charge is 0.377 e. The lowest BCUT2D eigenvalue weighted by molar-refractivity contribution is 0.123. The number of rotatable bonds is 2. The zero-order chi connectivity index (χ0) is 6.97. The lowest BCUT2D eigenvalue weighted by atomic mass is 10.0. The summed E-state index contributed by atoms with van der Waals surface area (Å²) in [6.45, 7) is 1.05. The Morgan fingerprint density at radius 2 is 2.10 bits per heavy atom. The first-order valence-corrected chi connectivity index (χ1v) is 5.60. The van der Waals surface area contributed by atoms with Gasteiger partial charge in [0, 0.05) is 4.43 Å². The normalized spacial score (nSPS) is 40.5. The molecule has 0 aromatic carbocycles. The van der Waals surface area contributed by atoms with Crippen molar-refractivity contribution in [3.05, 3.63) is 0 Å². The second kappa shape index (κ2) is 2.97. The van der Waals surface area contributed by atoms with Gasteiger partial charge in [-0.25, -0.2) is 0 Å². The predicted molar refractivity (Wildman–Crippen MR) is 49.5 cm³/mol. The Morgan fingerprint density at radius 1 is 1.30 bits per heavy atom. The van der Waals surface area contributed by atoms with Gasteiger partial charge in [-0.2, -0.15) is 0 Å². The Labute approximate surface area is 75.7 Å². The number of alkyl halides is 1. The Hall–Kier alpha value is 0.690. The topological polar surface area (TPSA) is 9.23 Å². The van der Waals surface area contributed by atoms with Crippen LogP contribution in [0.3, 0.4) is 0 Å². The van der Waals surface area contributed by atoms with E-state index in [2.05, 4.69) is 22.6 Å². The van der Waals surface area contributed by atoms with Gasteiger partial charge in [0.05, 0.1) is 12.7 Å². The fourth-order valence-corrected chi connectivity index (χ4v) is 2.35. The van der Waals surface area contributed by atoms with Gasteiger partial charge in [0.2, 0.25) is 0 Å². The van der Waals surface area contributed by atoms with E-state index in [9.17, 15) is 0 Å². The van der Waals surface area contributed by atoms with Crippen molar-refractivity contribution in [2.24, 2.45) is 11.8 Å². The van der Waals surface area contributed by atoms with Gasteiger partial charge in [-0.15, -0.1) is 0 Å². The molecule has 58 valence electrons. The maximum atomic E-state index is 5.61. The standard InChI is InChI=1S/C8H13IO/c9-4-8-3-7(5-10-8)6-1-2-6/h6-8H,1-5H2/t7-,8-/m0/s1. The van der Waals surface area contributed by atoms with Gasteiger partial charge in [-0.3, -0.25) is 0 Å². The number of hydrogen-bond acceptors (Lipinski definition) is 1. The van der Waals surface area contributed by atoms with Crippen molar-refractivity contribution in [1.29, 1.82) is 0 Å². The van der Waals surface area contributed by atoms with E-state index in [4.69, 9.17) is 4.74 Å². The van der Waals surface area contributed by atoms with Crippen LogP contribution in [0.4, 0.5) is 0 Å². The van der Waals surface area contributed by atoms with Gasteiger partial charge in [0.25, 0.3) is 0 Å². The molecule has 1 aliphatic heterocycles. The highest BCUT2D eigenvalue weighted by atomic mass is 127. The van der Waals surface area contributed by atoms with E-state index < -0.39 is 0 Å². The van der Waals surface area contributed by atoms with Crippen molar-refractivity contribution < 1.29 is 4.74 Å². The summed E-state index contributed by atoms with van der Waals surface area (Å²) in [7, 11) is 0. The molecule has 0 spiro atoms. The van der Waals surface area contributed by atoms with Crippen LogP contribution in [0.2, 0.25) is 0 Å². The minimum Gasteiger partial charge on any atom is -0.377 e. The first-order valence-electron chi connectivity index (χ1n) is 4.07. The van der Waals surface area contributed by atoms with Crippen molar-refractivity contribution in [2.45, 2.75) is 25.4 Å². The molecule has 1 saturated heterocycles. The Morgan fingerprint density at radius 3 is 2.60 bits per heavy atom. The fraction of sp³-hybridized carbons (Fsp3) is 1.00. The molecular weight excluding hydrogens is 239 g/mol. The maximum absolute atomic E-state index is 5.61. The Kier molecular flexibility index (Phi) is 2.18. The highest BCUT2D eigenvalue weighted by molar-refractivity contribution is 14.1. The summed E-state index contributed by atoms with van der Waals surface area (Å²) in [6, 6.07) is 0. The van der Waals surface area contributed by atoms with Crippen molar-refractivity contribution in [3.63, 3.8) is 0 Å². The molecule has 0 unspecified atom stereocenters. The molecule has 1 heterocycles. The second-order valence-electron chi connectivity index (χ2n) is 3.44. The van der Waals surface area contributed by atoms with Crippen LogP contribution in [-0.4, -0.2) is 17.1 Å². The monoisotopic (exact) mass is 252 g/mol. The molecule has 0 N–H and O–H groups in total. The van der Waals surface area contributed by atoms with E-state index in [-0.39, 0.29) is 0 Å². The van der Waals surface area contributed by atoms with E-state index in [1.165, 1.54) is 23.7 Å². The van der Waals surface area contributed by atoms with E-state index in [1.807, 2.05) is 0 Å². The predicted octanol–water partition coefficient (Wildman–Crippen LogP) is 2.24. The lowest BCUT2D eigenvalue weighted by Crippen LogP contribution is -2.05. The molecule has 2 heteroatoms. The molecule has 0 amide bonds. The van der Waals surface area contributed by atoms with Gasteiger partial charge < -0.3 is 4.74 Å². The first kappa shape index (κ1) is 7.35. The van der Waals surface area contributed by atoms with Gasteiger partial charge in [0.15, 0.2) is 0 Å². The van der Waals surface area contributed by atoms with Gasteiger partial charge in [-0.1, -0.05) is 22.6 Å². The molecule has 2 rings (SSSR count). The van der Waals surface area contributed by atoms with E-state index in [1.54, 1.807) is 0 Å². The van der Waals surface area contributed by atoms with E-state index >= 15 is 0 Å². The third kappa shape index (κ3) is 1.47. The van der Waals surface area contributed by atoms with Crippen LogP contribution < -0.4 is 0 Å². The van der Waals surface area contributed by atoms with Crippen LogP contribution in [0.5, 0.6) is 0 Å². The van der Waals surface area contributed by atoms with E-state index in [0.717, 1.165) is 18.4 Å². The molecule has 1 nitrogen and oxygen atoms in total. The van der Waals surface area contributed by atoms with Crippen LogP contribution in [0.15, 0.2) is 0 Å². The van der Waals surface area contributed by atoms with Gasteiger partial charge in [0.1, 0.15) is 0 Å². The van der Waals surface area contributed by atoms with Crippen LogP contribution in [0.25, 0.3) is 0 Å². The van der Waals surface area contributed by atoms with Crippen LogP contribution in [-0.2, 0) is 4.74 Å². The van der Waals surface area contributed by atoms with Crippen LogP contribution >= 0.6 is 22.6 Å². The van der Waals surface area contributed by atoms with Crippen LogP contribution in [0.1, 0.15) is 19.3 Å². The zero-order valence-electron chi connectivity index (χ0n) is 6.05. The maximum Gasteiger partial charge on any atom is 0.0668 e. The average molecular weight is 252 g/mol. The molecule has 0 aromatic rings. The van der Waals surface area contributed by atoms with Crippen molar-refractivity contribution >= 4 is 22.6 Å². The van der Waals surface area contributed by atoms with Crippen molar-refractivity contribution in [3.8, 4) is 0 Å². The summed E-state index contributed by atoms with van der Waals surface area (Å²) >= 11 is 2.42. The molecule has 2 aliphatic rings. The fourth-order valence-electron chi connectivity index (χ4n) is 1.74. The summed E-state index contributed by atoms with van der Waals surface area (Å²) in [5.41, 5.74) is 0. The quantitative estimate of drug-likeness (QED) is 0.541. The number of halogens is 1. The smallest absolute Gasteiger partial charge is 0.0668 e. The van der Waals surface area contributed by atoms with Crippen LogP contribution in [0, 0.1) is 11.8 Å². The van der Waals surface area contributed by atoms with Gasteiger partial charge >= 0.3 is 0 Å². The number of hydrogen-bond donors (Lipinski definition) is 0. The molecule has 1 saturated carbocycles. The summed E-state index contributed by atoms with van der Waals surface area (Å²) in [5.74, 6) is 1.98. The van der Waals surface area contributed by atoms with Crippen molar-refractivity contribution in [1.82, 2.24) is 0 Å². The third-order valence-corrected chi connectivity index (χ3v) is 3.55. The number of ether oxygens (including phenoxy) is 1. The Balaban J connectivity index is 1.81. The second-order valence-corrected chi connectivity index (χ2v) is 4.32. The van der Waals surface area contributed by atoms with E-state index in [0.29, 0.717) is 6.10 Å². The van der Waals surface area contributed by atoms with Crippen molar-refractivity contribution in [2.75, 3.05) is 11.0 Å². The summed E-state index contributed by atoms with van der Waals surface area (Å²) in [4.78, 5) is 0. The lowest BCUT2D eigenvalue weighted by Gasteiger charge is -2.03. The zero-order valence-corrected chi connectivity index (χ0v) is 8.21. The highest BCUT2D eigenvalue weighted by Gasteiger charge is 2.36. The summed E-state index contributed by atoms with van der Waals surface area (Å²) in [5, 5.41) is 0. The Bertz CT molecular complexity index is 122. The molecule has 0 bridgehead atoms. The molecule has 0 radical (unpaired) electrons. The summed E-state index contributed by atoms with van der Waals surface area (Å²) in [6.07, 6.45) is 4.88. The molecule has 2 atom stereocenters. The minimum atomic E-state index is 0.589. The van der Waals surface area contributed by atoms with Gasteiger partial charge in [-0.05, 0) is 31.1 Å². The minimum absolute atomic E-state index is 0.589. The third-order valence-electron chi connectivity index (χ3n) is 2.57. The molecular formula is C8H13IO. The average Bonchev–Trinajstić information content (AvgIpc) is 2.70. The molecule has 10 heavy (non-hydrogen) atoms. The molecule has 0 aromatic heterocycles. The molecule has 1 aliphatic carbocycles.